The van der Waals surface area contributed by atoms with Crippen molar-refractivity contribution in [2.24, 2.45) is 5.14 Å². The molecule has 1 aromatic heterocycles. The molecule has 4 N–H and O–H groups in total. The standard InChI is InChI=1S/C15H14N4O3S/c16-23(21,22)9-10-4-3-5-11(8-10)17-15(20)14-12-6-1-2-7-13(12)18-19-14/h1-8H,9H2,(H,17,20)(H,18,19)(H2,16,21,22). The minimum atomic E-state index is -3.62. The summed E-state index contributed by atoms with van der Waals surface area (Å²) in [5.41, 5.74) is 2.01. The van der Waals surface area contributed by atoms with Gasteiger partial charge in [-0.1, -0.05) is 30.3 Å². The molecule has 2 aromatic carbocycles. The largest absolute Gasteiger partial charge is 0.321 e. The second-order valence-corrected chi connectivity index (χ2v) is 6.69. The Bertz CT molecular complexity index is 979. The molecule has 0 aliphatic heterocycles. The summed E-state index contributed by atoms with van der Waals surface area (Å²) in [6, 6.07) is 13.8. The van der Waals surface area contributed by atoms with Gasteiger partial charge in [0.25, 0.3) is 5.91 Å². The Morgan fingerprint density at radius 3 is 2.74 bits per heavy atom. The van der Waals surface area contributed by atoms with Crippen LogP contribution in [-0.2, 0) is 15.8 Å². The molecular formula is C15H14N4O3S. The van der Waals surface area contributed by atoms with Crippen LogP contribution in [0.4, 0.5) is 5.69 Å². The number of sulfonamides is 1. The second kappa shape index (κ2) is 5.82. The van der Waals surface area contributed by atoms with Gasteiger partial charge in [0.1, 0.15) is 0 Å². The number of nitrogens with one attached hydrogen (secondary N) is 2. The molecule has 0 fully saturated rings. The number of hydrogen-bond donors (Lipinski definition) is 3. The number of aromatic nitrogens is 2. The molecule has 3 aromatic rings. The molecule has 3 rings (SSSR count). The molecule has 0 bridgehead atoms. The van der Waals surface area contributed by atoms with Gasteiger partial charge in [-0.05, 0) is 23.8 Å². The van der Waals surface area contributed by atoms with E-state index in [4.69, 9.17) is 5.14 Å². The third-order valence-corrected chi connectivity index (χ3v) is 3.97. The van der Waals surface area contributed by atoms with Crippen LogP contribution in [0.1, 0.15) is 16.1 Å². The molecule has 7 nitrogen and oxygen atoms in total. The number of aromatic amines is 1. The van der Waals surface area contributed by atoms with Crippen LogP contribution < -0.4 is 10.5 Å². The van der Waals surface area contributed by atoms with Crippen molar-refractivity contribution in [1.29, 1.82) is 0 Å². The molecule has 0 saturated carbocycles. The fraction of sp³-hybridized carbons (Fsp3) is 0.0667. The van der Waals surface area contributed by atoms with Crippen molar-refractivity contribution >= 4 is 32.5 Å². The third-order valence-electron chi connectivity index (χ3n) is 3.24. The first-order valence-corrected chi connectivity index (χ1v) is 8.48. The summed E-state index contributed by atoms with van der Waals surface area (Å²) in [4.78, 5) is 12.3. The molecule has 23 heavy (non-hydrogen) atoms. The number of amides is 1. The first-order valence-electron chi connectivity index (χ1n) is 6.76. The van der Waals surface area contributed by atoms with Crippen molar-refractivity contribution in [1.82, 2.24) is 10.2 Å². The topological polar surface area (TPSA) is 118 Å². The number of nitrogens with zero attached hydrogens (tertiary/aromatic N) is 1. The van der Waals surface area contributed by atoms with E-state index in [1.54, 1.807) is 30.3 Å². The van der Waals surface area contributed by atoms with Gasteiger partial charge in [0.2, 0.25) is 10.0 Å². The van der Waals surface area contributed by atoms with Crippen LogP contribution in [0.25, 0.3) is 10.9 Å². The fourth-order valence-corrected chi connectivity index (χ4v) is 2.94. The summed E-state index contributed by atoms with van der Waals surface area (Å²) in [7, 11) is -3.62. The number of para-hydroxylation sites is 1. The molecule has 0 spiro atoms. The molecule has 0 atom stereocenters. The van der Waals surface area contributed by atoms with Gasteiger partial charge in [-0.15, -0.1) is 0 Å². The number of nitrogens with two attached hydrogens (primary N) is 1. The quantitative estimate of drug-likeness (QED) is 0.673. The van der Waals surface area contributed by atoms with Gasteiger partial charge in [0.15, 0.2) is 5.69 Å². The lowest BCUT2D eigenvalue weighted by atomic mass is 10.2. The summed E-state index contributed by atoms with van der Waals surface area (Å²) in [6.45, 7) is 0. The molecule has 0 saturated heterocycles. The lowest BCUT2D eigenvalue weighted by Crippen LogP contribution is -2.15. The highest BCUT2D eigenvalue weighted by atomic mass is 32.2. The minimum Gasteiger partial charge on any atom is -0.321 e. The number of carbonyl (C=O) groups excluding carboxylic acids is 1. The predicted molar refractivity (Wildman–Crippen MR) is 87.3 cm³/mol. The van der Waals surface area contributed by atoms with Crippen molar-refractivity contribution < 1.29 is 13.2 Å². The van der Waals surface area contributed by atoms with Crippen molar-refractivity contribution in [2.45, 2.75) is 5.75 Å². The summed E-state index contributed by atoms with van der Waals surface area (Å²) >= 11 is 0. The van der Waals surface area contributed by atoms with Gasteiger partial charge in [-0.3, -0.25) is 9.89 Å². The second-order valence-electron chi connectivity index (χ2n) is 5.08. The van der Waals surface area contributed by atoms with Gasteiger partial charge < -0.3 is 5.32 Å². The normalized spacial score (nSPS) is 11.5. The Kier molecular flexibility index (Phi) is 3.85. The number of H-pyrrole nitrogens is 1. The van der Waals surface area contributed by atoms with E-state index in [1.807, 2.05) is 18.2 Å². The zero-order valence-electron chi connectivity index (χ0n) is 12.0. The number of carbonyl (C=O) groups is 1. The van der Waals surface area contributed by atoms with Gasteiger partial charge in [-0.2, -0.15) is 5.10 Å². The Hall–Kier alpha value is -2.71. The Morgan fingerprint density at radius 2 is 1.96 bits per heavy atom. The molecule has 0 aliphatic rings. The lowest BCUT2D eigenvalue weighted by molar-refractivity contribution is 0.102. The number of primary sulfonamides is 1. The van der Waals surface area contributed by atoms with Crippen molar-refractivity contribution in [3.63, 3.8) is 0 Å². The first kappa shape index (κ1) is 15.2. The van der Waals surface area contributed by atoms with Gasteiger partial charge in [0, 0.05) is 11.1 Å². The van der Waals surface area contributed by atoms with Crippen LogP contribution in [0, 0.1) is 0 Å². The van der Waals surface area contributed by atoms with Gasteiger partial charge in [-0.25, -0.2) is 13.6 Å². The molecule has 8 heteroatoms. The molecule has 1 heterocycles. The molecule has 0 unspecified atom stereocenters. The average molecular weight is 330 g/mol. The molecular weight excluding hydrogens is 316 g/mol. The maximum absolute atomic E-state index is 12.3. The number of anilines is 1. The maximum atomic E-state index is 12.3. The highest BCUT2D eigenvalue weighted by Gasteiger charge is 2.14. The minimum absolute atomic E-state index is 0.275. The van der Waals surface area contributed by atoms with Crippen LogP contribution >= 0.6 is 0 Å². The monoisotopic (exact) mass is 330 g/mol. The number of fused-ring (bicyclic) bond motifs is 1. The molecule has 0 radical (unpaired) electrons. The van der Waals surface area contributed by atoms with E-state index in [0.717, 1.165) is 5.52 Å². The Morgan fingerprint density at radius 1 is 1.17 bits per heavy atom. The number of rotatable bonds is 4. The van der Waals surface area contributed by atoms with E-state index < -0.39 is 10.0 Å². The zero-order chi connectivity index (χ0) is 16.4. The van der Waals surface area contributed by atoms with Gasteiger partial charge in [0.05, 0.1) is 11.3 Å². The predicted octanol–water partition coefficient (Wildman–Crippen LogP) is 1.60. The Balaban J connectivity index is 1.84. The number of benzene rings is 2. The van der Waals surface area contributed by atoms with E-state index in [2.05, 4.69) is 15.5 Å². The van der Waals surface area contributed by atoms with E-state index >= 15 is 0 Å². The molecule has 1 amide bonds. The van der Waals surface area contributed by atoms with E-state index in [-0.39, 0.29) is 17.4 Å². The molecule has 0 aliphatic carbocycles. The zero-order valence-corrected chi connectivity index (χ0v) is 12.8. The van der Waals surface area contributed by atoms with Gasteiger partial charge >= 0.3 is 0 Å². The van der Waals surface area contributed by atoms with Crippen LogP contribution in [0.2, 0.25) is 0 Å². The summed E-state index contributed by atoms with van der Waals surface area (Å²) in [5, 5.41) is 15.3. The Labute approximate surface area is 132 Å². The van der Waals surface area contributed by atoms with Crippen LogP contribution in [0.5, 0.6) is 0 Å². The molecule has 118 valence electrons. The van der Waals surface area contributed by atoms with Crippen LogP contribution in [0.15, 0.2) is 48.5 Å². The van der Waals surface area contributed by atoms with Crippen molar-refractivity contribution in [3.8, 4) is 0 Å². The number of hydrogen-bond acceptors (Lipinski definition) is 4. The van der Waals surface area contributed by atoms with E-state index in [1.165, 1.54) is 0 Å². The van der Waals surface area contributed by atoms with Crippen LogP contribution in [-0.4, -0.2) is 24.5 Å². The SMILES string of the molecule is NS(=O)(=O)Cc1cccc(NC(=O)c2n[nH]c3ccccc23)c1. The van der Waals surface area contributed by atoms with E-state index in [9.17, 15) is 13.2 Å². The first-order chi connectivity index (χ1) is 10.9. The summed E-state index contributed by atoms with van der Waals surface area (Å²) in [5.74, 6) is -0.669. The average Bonchev–Trinajstić information content (AvgIpc) is 2.89. The van der Waals surface area contributed by atoms with Crippen LogP contribution in [0.3, 0.4) is 0 Å². The third kappa shape index (κ3) is 3.55. The highest BCUT2D eigenvalue weighted by Crippen LogP contribution is 2.18. The summed E-state index contributed by atoms with van der Waals surface area (Å²) in [6.07, 6.45) is 0. The summed E-state index contributed by atoms with van der Waals surface area (Å²) < 4.78 is 22.3. The fourth-order valence-electron chi connectivity index (χ4n) is 2.30. The maximum Gasteiger partial charge on any atom is 0.276 e. The van der Waals surface area contributed by atoms with Crippen molar-refractivity contribution in [2.75, 3.05) is 5.32 Å². The lowest BCUT2D eigenvalue weighted by Gasteiger charge is -2.06. The van der Waals surface area contributed by atoms with E-state index in [0.29, 0.717) is 16.6 Å². The smallest absolute Gasteiger partial charge is 0.276 e. The van der Waals surface area contributed by atoms with Crippen molar-refractivity contribution in [3.05, 3.63) is 59.8 Å². The highest BCUT2D eigenvalue weighted by molar-refractivity contribution is 7.88.